The number of benzene rings is 2. The van der Waals surface area contributed by atoms with Crippen molar-refractivity contribution in [3.8, 4) is 11.1 Å². The van der Waals surface area contributed by atoms with E-state index in [2.05, 4.69) is 4.98 Å². The summed E-state index contributed by atoms with van der Waals surface area (Å²) in [6, 6.07) is 12.2. The average molecular weight is 348 g/mol. The Morgan fingerprint density at radius 3 is 2.52 bits per heavy atom. The number of carbonyl (C=O) groups excluding carboxylic acids is 1. The lowest BCUT2D eigenvalue weighted by Crippen LogP contribution is -2.20. The first-order valence-electron chi connectivity index (χ1n) is 6.71. The number of hydrogen-bond donors (Lipinski definition) is 1. The molecule has 1 N–H and O–H groups in total. The first kappa shape index (κ1) is 15.6. The van der Waals surface area contributed by atoms with E-state index >= 15 is 0 Å². The van der Waals surface area contributed by atoms with Crippen molar-refractivity contribution in [2.45, 2.75) is 0 Å². The van der Waals surface area contributed by atoms with Crippen molar-refractivity contribution in [2.75, 3.05) is 7.11 Å². The zero-order valence-electron chi connectivity index (χ0n) is 12.0. The number of para-hydroxylation sites is 1. The molecule has 0 aliphatic heterocycles. The smallest absolute Gasteiger partial charge is 0.344 e. The molecule has 0 saturated carbocycles. The molecule has 0 spiro atoms. The van der Waals surface area contributed by atoms with Gasteiger partial charge < -0.3 is 9.72 Å². The predicted octanol–water partition coefficient (Wildman–Crippen LogP) is 4.29. The van der Waals surface area contributed by atoms with E-state index in [1.54, 1.807) is 30.3 Å². The monoisotopic (exact) mass is 347 g/mol. The Bertz CT molecular complexity index is 979. The van der Waals surface area contributed by atoms with Crippen molar-refractivity contribution in [3.05, 3.63) is 68.4 Å². The normalized spacial score (nSPS) is 10.7. The summed E-state index contributed by atoms with van der Waals surface area (Å²) < 4.78 is 4.76. The summed E-state index contributed by atoms with van der Waals surface area (Å²) in [4.78, 5) is 27.2. The van der Waals surface area contributed by atoms with Gasteiger partial charge in [0.15, 0.2) is 0 Å². The molecule has 0 saturated heterocycles. The highest BCUT2D eigenvalue weighted by molar-refractivity contribution is 6.42. The van der Waals surface area contributed by atoms with Crippen LogP contribution in [0.25, 0.3) is 22.0 Å². The summed E-state index contributed by atoms with van der Waals surface area (Å²) in [6.07, 6.45) is 0. The second kappa shape index (κ2) is 6.07. The zero-order valence-corrected chi connectivity index (χ0v) is 13.5. The number of nitrogens with one attached hydrogen (secondary N) is 1. The summed E-state index contributed by atoms with van der Waals surface area (Å²) >= 11 is 12.0. The second-order valence-electron chi connectivity index (χ2n) is 4.87. The number of pyridine rings is 1. The summed E-state index contributed by atoms with van der Waals surface area (Å²) in [6.45, 7) is 0. The topological polar surface area (TPSA) is 59.2 Å². The third-order valence-electron chi connectivity index (χ3n) is 3.52. The van der Waals surface area contributed by atoms with Crippen LogP contribution in [0.1, 0.15) is 10.4 Å². The van der Waals surface area contributed by atoms with Gasteiger partial charge in [0.05, 0.1) is 17.2 Å². The molecule has 1 aromatic heterocycles. The van der Waals surface area contributed by atoms with E-state index in [9.17, 15) is 9.59 Å². The van der Waals surface area contributed by atoms with E-state index in [0.29, 0.717) is 32.1 Å². The van der Waals surface area contributed by atoms with Gasteiger partial charge in [-0.3, -0.25) is 4.79 Å². The fourth-order valence-corrected chi connectivity index (χ4v) is 2.79. The van der Waals surface area contributed by atoms with Gasteiger partial charge in [0.1, 0.15) is 5.56 Å². The summed E-state index contributed by atoms with van der Waals surface area (Å²) in [7, 11) is 1.23. The van der Waals surface area contributed by atoms with Gasteiger partial charge in [-0.1, -0.05) is 47.5 Å². The fourth-order valence-electron chi connectivity index (χ4n) is 2.49. The number of methoxy groups -OCH3 is 1. The lowest BCUT2D eigenvalue weighted by Gasteiger charge is -2.12. The lowest BCUT2D eigenvalue weighted by molar-refractivity contribution is 0.0600. The lowest BCUT2D eigenvalue weighted by atomic mass is 9.96. The second-order valence-corrected chi connectivity index (χ2v) is 5.68. The Morgan fingerprint density at radius 2 is 1.83 bits per heavy atom. The predicted molar refractivity (Wildman–Crippen MR) is 91.4 cm³/mol. The highest BCUT2D eigenvalue weighted by atomic mass is 35.5. The number of aromatic nitrogens is 1. The minimum atomic E-state index is -0.710. The maximum atomic E-state index is 12.4. The maximum absolute atomic E-state index is 12.4. The number of H-pyrrole nitrogens is 1. The zero-order chi connectivity index (χ0) is 16.6. The molecule has 3 rings (SSSR count). The number of esters is 1. The van der Waals surface area contributed by atoms with Crippen LogP contribution >= 0.6 is 23.2 Å². The molecule has 0 bridgehead atoms. The number of carbonyl (C=O) groups is 1. The molecule has 1 heterocycles. The number of ether oxygens (including phenoxy) is 1. The molecule has 116 valence electrons. The highest BCUT2D eigenvalue weighted by Gasteiger charge is 2.21. The molecule has 0 radical (unpaired) electrons. The number of rotatable bonds is 2. The van der Waals surface area contributed by atoms with E-state index in [1.165, 1.54) is 7.11 Å². The summed E-state index contributed by atoms with van der Waals surface area (Å²) in [5, 5.41) is 1.44. The molecular formula is C17H11Cl2NO3. The van der Waals surface area contributed by atoms with Gasteiger partial charge in [-0.2, -0.15) is 0 Å². The number of halogens is 2. The van der Waals surface area contributed by atoms with Crippen molar-refractivity contribution >= 4 is 40.1 Å². The average Bonchev–Trinajstić information content (AvgIpc) is 2.55. The van der Waals surface area contributed by atoms with Gasteiger partial charge in [0, 0.05) is 16.5 Å². The first-order chi connectivity index (χ1) is 11.0. The van der Waals surface area contributed by atoms with Crippen LogP contribution in [0.2, 0.25) is 10.0 Å². The molecule has 0 fully saturated rings. The van der Waals surface area contributed by atoms with Crippen LogP contribution in [0.5, 0.6) is 0 Å². The molecule has 6 heteroatoms. The first-order valence-corrected chi connectivity index (χ1v) is 7.47. The van der Waals surface area contributed by atoms with Crippen LogP contribution in [0.4, 0.5) is 0 Å². The summed E-state index contributed by atoms with van der Waals surface area (Å²) in [5.74, 6) is -0.710. The molecule has 2 aromatic carbocycles. The minimum absolute atomic E-state index is 0.0652. The Labute approximate surface area is 141 Å². The highest BCUT2D eigenvalue weighted by Crippen LogP contribution is 2.33. The Morgan fingerprint density at radius 1 is 1.09 bits per heavy atom. The summed E-state index contributed by atoms with van der Waals surface area (Å²) in [5.41, 5.74) is 1.12. The Balaban J connectivity index is 2.46. The van der Waals surface area contributed by atoms with Crippen molar-refractivity contribution in [1.82, 2.24) is 4.98 Å². The van der Waals surface area contributed by atoms with Gasteiger partial charge in [-0.25, -0.2) is 4.79 Å². The maximum Gasteiger partial charge on any atom is 0.344 e. The molecule has 0 amide bonds. The number of fused-ring (bicyclic) bond motifs is 1. The molecule has 0 aliphatic rings. The molecule has 0 aliphatic carbocycles. The Hall–Kier alpha value is -2.30. The minimum Gasteiger partial charge on any atom is -0.465 e. The largest absolute Gasteiger partial charge is 0.465 e. The molecule has 4 nitrogen and oxygen atoms in total. The van der Waals surface area contributed by atoms with Crippen LogP contribution in [-0.2, 0) is 4.74 Å². The van der Waals surface area contributed by atoms with Crippen molar-refractivity contribution in [1.29, 1.82) is 0 Å². The van der Waals surface area contributed by atoms with Gasteiger partial charge >= 0.3 is 5.97 Å². The number of aromatic amines is 1. The molecule has 3 aromatic rings. The standard InChI is InChI=1S/C17H11Cl2NO3/c1-23-17(22)15-14(9-6-7-11(18)12(19)8-9)10-4-2-3-5-13(10)20-16(15)21/h2-8H,1H3,(H,20,21). The quantitative estimate of drug-likeness (QED) is 0.703. The van der Waals surface area contributed by atoms with Gasteiger partial charge in [-0.15, -0.1) is 0 Å². The van der Waals surface area contributed by atoms with E-state index in [0.717, 1.165) is 0 Å². The van der Waals surface area contributed by atoms with Crippen molar-refractivity contribution in [2.24, 2.45) is 0 Å². The van der Waals surface area contributed by atoms with Crippen LogP contribution in [0.15, 0.2) is 47.3 Å². The van der Waals surface area contributed by atoms with E-state index in [4.69, 9.17) is 27.9 Å². The fraction of sp³-hybridized carbons (Fsp3) is 0.0588. The van der Waals surface area contributed by atoms with E-state index in [1.807, 2.05) is 12.1 Å². The SMILES string of the molecule is COC(=O)c1c(-c2ccc(Cl)c(Cl)c2)c2ccccc2[nH]c1=O. The third-order valence-corrected chi connectivity index (χ3v) is 4.26. The van der Waals surface area contributed by atoms with Crippen molar-refractivity contribution < 1.29 is 9.53 Å². The van der Waals surface area contributed by atoms with Crippen LogP contribution in [0.3, 0.4) is 0 Å². The molecule has 23 heavy (non-hydrogen) atoms. The van der Waals surface area contributed by atoms with Gasteiger partial charge in [-0.05, 0) is 23.8 Å². The van der Waals surface area contributed by atoms with Gasteiger partial charge in [0.2, 0.25) is 0 Å². The Kier molecular flexibility index (Phi) is 4.11. The van der Waals surface area contributed by atoms with Crippen LogP contribution in [0, 0.1) is 0 Å². The van der Waals surface area contributed by atoms with Crippen LogP contribution < -0.4 is 5.56 Å². The molecule has 0 atom stereocenters. The number of hydrogen-bond acceptors (Lipinski definition) is 3. The van der Waals surface area contributed by atoms with Gasteiger partial charge in [0.25, 0.3) is 5.56 Å². The third kappa shape index (κ3) is 2.71. The van der Waals surface area contributed by atoms with Crippen LogP contribution in [-0.4, -0.2) is 18.1 Å². The van der Waals surface area contributed by atoms with E-state index in [-0.39, 0.29) is 5.56 Å². The van der Waals surface area contributed by atoms with E-state index < -0.39 is 11.5 Å². The van der Waals surface area contributed by atoms with Crippen molar-refractivity contribution in [3.63, 3.8) is 0 Å². The molecular weight excluding hydrogens is 337 g/mol. The molecule has 0 unspecified atom stereocenters.